The van der Waals surface area contributed by atoms with Gasteiger partial charge in [0.05, 0.1) is 30.1 Å². The molecule has 4 N–H and O–H groups in total. The minimum Gasteiger partial charge on any atom is -0.452 e. The monoisotopic (exact) mass is 414 g/mol. The van der Waals surface area contributed by atoms with E-state index in [9.17, 15) is 5.11 Å². The van der Waals surface area contributed by atoms with Gasteiger partial charge in [0.15, 0.2) is 11.4 Å². The lowest BCUT2D eigenvalue weighted by Gasteiger charge is -2.25. The SMILES string of the molecule is Nc1ncc(-c2cnn(C3CCC(O)CC3)c2)c2cc(-c3ccc4cn[nH]c4c3)oc12. The van der Waals surface area contributed by atoms with Crippen molar-refractivity contribution in [1.29, 1.82) is 0 Å². The zero-order valence-corrected chi connectivity index (χ0v) is 16.8. The minimum atomic E-state index is -0.183. The average molecular weight is 414 g/mol. The second-order valence-electron chi connectivity index (χ2n) is 8.25. The Morgan fingerprint density at radius 1 is 1.06 bits per heavy atom. The molecule has 1 aromatic carbocycles. The van der Waals surface area contributed by atoms with E-state index in [4.69, 9.17) is 10.2 Å². The molecule has 4 aromatic heterocycles. The predicted octanol–water partition coefficient (Wildman–Crippen LogP) is 4.29. The zero-order chi connectivity index (χ0) is 20.9. The van der Waals surface area contributed by atoms with E-state index in [1.807, 2.05) is 35.1 Å². The van der Waals surface area contributed by atoms with Crippen molar-refractivity contribution in [3.05, 3.63) is 49.1 Å². The Bertz CT molecular complexity index is 1390. The molecule has 0 unspecified atom stereocenters. The molecule has 1 aliphatic rings. The minimum absolute atomic E-state index is 0.183. The highest BCUT2D eigenvalue weighted by molar-refractivity contribution is 6.00. The number of H-pyrrole nitrogens is 1. The molecule has 4 heterocycles. The standard InChI is InChI=1S/C23H22N6O2/c24-23-22-18(8-21(31-22)13-1-2-14-9-26-28-20(14)7-13)19(11-25-23)15-10-27-29(12-15)16-3-5-17(30)6-4-16/h1-2,7-12,16-17,30H,3-6H2,(H2,24,25)(H,26,28). The average Bonchev–Trinajstić information content (AvgIpc) is 3.53. The van der Waals surface area contributed by atoms with Gasteiger partial charge in [-0.05, 0) is 37.8 Å². The number of pyridine rings is 1. The molecular formula is C23H22N6O2. The summed E-state index contributed by atoms with van der Waals surface area (Å²) in [4.78, 5) is 4.36. The number of benzene rings is 1. The number of aromatic nitrogens is 5. The molecule has 31 heavy (non-hydrogen) atoms. The van der Waals surface area contributed by atoms with Crippen molar-refractivity contribution in [3.8, 4) is 22.5 Å². The van der Waals surface area contributed by atoms with E-state index in [0.29, 0.717) is 17.4 Å². The highest BCUT2D eigenvalue weighted by Gasteiger charge is 2.22. The van der Waals surface area contributed by atoms with Crippen molar-refractivity contribution in [1.82, 2.24) is 25.0 Å². The molecule has 6 rings (SSSR count). The number of fused-ring (bicyclic) bond motifs is 2. The van der Waals surface area contributed by atoms with Crippen LogP contribution < -0.4 is 5.73 Å². The zero-order valence-electron chi connectivity index (χ0n) is 16.8. The number of hydrogen-bond acceptors (Lipinski definition) is 6. The number of anilines is 1. The van der Waals surface area contributed by atoms with Crippen LogP contribution in [0.3, 0.4) is 0 Å². The van der Waals surface area contributed by atoms with Gasteiger partial charge in [-0.25, -0.2) is 4.98 Å². The molecule has 1 aliphatic carbocycles. The van der Waals surface area contributed by atoms with Crippen molar-refractivity contribution in [2.24, 2.45) is 0 Å². The molecule has 8 heteroatoms. The number of aliphatic hydroxyl groups excluding tert-OH is 1. The molecule has 0 radical (unpaired) electrons. The number of nitrogens with one attached hydrogen (secondary N) is 1. The Morgan fingerprint density at radius 3 is 2.81 bits per heavy atom. The summed E-state index contributed by atoms with van der Waals surface area (Å²) in [6, 6.07) is 8.35. The third-order valence-corrected chi connectivity index (χ3v) is 6.27. The van der Waals surface area contributed by atoms with E-state index in [1.54, 1.807) is 12.4 Å². The molecule has 1 saturated carbocycles. The molecule has 0 atom stereocenters. The number of nitrogens with two attached hydrogens (primary N) is 1. The van der Waals surface area contributed by atoms with Crippen LogP contribution in [0.2, 0.25) is 0 Å². The summed E-state index contributed by atoms with van der Waals surface area (Å²) in [5.41, 5.74) is 10.5. The number of aromatic amines is 1. The van der Waals surface area contributed by atoms with Gasteiger partial charge in [-0.2, -0.15) is 10.2 Å². The number of hydrogen-bond donors (Lipinski definition) is 3. The summed E-state index contributed by atoms with van der Waals surface area (Å²) in [6.45, 7) is 0. The van der Waals surface area contributed by atoms with E-state index < -0.39 is 0 Å². The fourth-order valence-corrected chi connectivity index (χ4v) is 4.51. The van der Waals surface area contributed by atoms with Gasteiger partial charge in [-0.1, -0.05) is 12.1 Å². The van der Waals surface area contributed by atoms with Crippen LogP contribution in [-0.4, -0.2) is 36.2 Å². The molecule has 0 aliphatic heterocycles. The summed E-state index contributed by atoms with van der Waals surface area (Å²) in [6.07, 6.45) is 10.8. The van der Waals surface area contributed by atoms with Gasteiger partial charge in [0.1, 0.15) is 5.76 Å². The summed E-state index contributed by atoms with van der Waals surface area (Å²) in [7, 11) is 0. The van der Waals surface area contributed by atoms with Gasteiger partial charge in [0, 0.05) is 39.9 Å². The summed E-state index contributed by atoms with van der Waals surface area (Å²) in [5, 5.41) is 23.4. The molecule has 0 spiro atoms. The lowest BCUT2D eigenvalue weighted by molar-refractivity contribution is 0.108. The number of furan rings is 1. The highest BCUT2D eigenvalue weighted by Crippen LogP contribution is 2.37. The first-order chi connectivity index (χ1) is 15.2. The molecule has 0 saturated heterocycles. The fraction of sp³-hybridized carbons (Fsp3) is 0.261. The van der Waals surface area contributed by atoms with E-state index in [0.717, 1.165) is 64.4 Å². The summed E-state index contributed by atoms with van der Waals surface area (Å²) >= 11 is 0. The normalized spacial score (nSPS) is 19.4. The van der Waals surface area contributed by atoms with Gasteiger partial charge < -0.3 is 15.3 Å². The molecule has 156 valence electrons. The highest BCUT2D eigenvalue weighted by atomic mass is 16.3. The van der Waals surface area contributed by atoms with Gasteiger partial charge >= 0.3 is 0 Å². The molecule has 0 amide bonds. The first-order valence-electron chi connectivity index (χ1n) is 10.5. The number of rotatable bonds is 3. The number of nitrogen functional groups attached to an aromatic ring is 1. The first-order valence-corrected chi connectivity index (χ1v) is 10.5. The molecule has 1 fully saturated rings. The maximum Gasteiger partial charge on any atom is 0.177 e. The van der Waals surface area contributed by atoms with Crippen molar-refractivity contribution >= 4 is 27.7 Å². The lowest BCUT2D eigenvalue weighted by atomic mass is 9.93. The van der Waals surface area contributed by atoms with E-state index in [2.05, 4.69) is 26.5 Å². The topological polar surface area (TPSA) is 119 Å². The quantitative estimate of drug-likeness (QED) is 0.405. The van der Waals surface area contributed by atoms with Gasteiger partial charge in [-0.3, -0.25) is 9.78 Å². The van der Waals surface area contributed by atoms with Crippen LogP contribution >= 0.6 is 0 Å². The number of nitrogens with zero attached hydrogens (tertiary/aromatic N) is 4. The largest absolute Gasteiger partial charge is 0.452 e. The third kappa shape index (κ3) is 3.07. The number of aliphatic hydroxyl groups is 1. The second kappa shape index (κ2) is 6.95. The Labute approximate surface area is 177 Å². The smallest absolute Gasteiger partial charge is 0.177 e. The van der Waals surface area contributed by atoms with Crippen LogP contribution in [0.5, 0.6) is 0 Å². The molecule has 5 aromatic rings. The summed E-state index contributed by atoms with van der Waals surface area (Å²) < 4.78 is 8.14. The van der Waals surface area contributed by atoms with E-state index in [1.165, 1.54) is 0 Å². The van der Waals surface area contributed by atoms with Crippen molar-refractivity contribution in [2.75, 3.05) is 5.73 Å². The van der Waals surface area contributed by atoms with Gasteiger partial charge in [0.2, 0.25) is 0 Å². The van der Waals surface area contributed by atoms with Crippen molar-refractivity contribution in [3.63, 3.8) is 0 Å². The Kier molecular flexibility index (Phi) is 4.07. The second-order valence-corrected chi connectivity index (χ2v) is 8.25. The Hall–Kier alpha value is -3.65. The molecule has 8 nitrogen and oxygen atoms in total. The van der Waals surface area contributed by atoms with Crippen LogP contribution in [0.25, 0.3) is 44.3 Å². The van der Waals surface area contributed by atoms with Crippen LogP contribution in [-0.2, 0) is 0 Å². The predicted molar refractivity (Wildman–Crippen MR) is 118 cm³/mol. The van der Waals surface area contributed by atoms with E-state index >= 15 is 0 Å². The van der Waals surface area contributed by atoms with Crippen LogP contribution in [0.4, 0.5) is 5.82 Å². The third-order valence-electron chi connectivity index (χ3n) is 6.27. The van der Waals surface area contributed by atoms with E-state index in [-0.39, 0.29) is 6.10 Å². The first kappa shape index (κ1) is 18.1. The maximum absolute atomic E-state index is 9.78. The van der Waals surface area contributed by atoms with Crippen LogP contribution in [0.1, 0.15) is 31.7 Å². The Balaban J connectivity index is 1.41. The van der Waals surface area contributed by atoms with Crippen molar-refractivity contribution < 1.29 is 9.52 Å². The maximum atomic E-state index is 9.78. The van der Waals surface area contributed by atoms with Gasteiger partial charge in [-0.15, -0.1) is 0 Å². The fourth-order valence-electron chi connectivity index (χ4n) is 4.51. The summed E-state index contributed by atoms with van der Waals surface area (Å²) in [5.74, 6) is 1.09. The molecule has 0 bridgehead atoms. The lowest BCUT2D eigenvalue weighted by Crippen LogP contribution is -2.21. The molecular weight excluding hydrogens is 392 g/mol. The Morgan fingerprint density at radius 2 is 1.94 bits per heavy atom. The van der Waals surface area contributed by atoms with Gasteiger partial charge in [0.25, 0.3) is 0 Å². The van der Waals surface area contributed by atoms with Crippen molar-refractivity contribution in [2.45, 2.75) is 37.8 Å². The van der Waals surface area contributed by atoms with Crippen LogP contribution in [0.15, 0.2) is 53.5 Å². The van der Waals surface area contributed by atoms with Crippen LogP contribution in [0, 0.1) is 0 Å².